The number of sulfonamides is 1. The lowest BCUT2D eigenvalue weighted by molar-refractivity contribution is 0.462. The van der Waals surface area contributed by atoms with Crippen LogP contribution in [-0.2, 0) is 23.1 Å². The van der Waals surface area contributed by atoms with Crippen molar-refractivity contribution in [1.82, 2.24) is 19.8 Å². The quantitative estimate of drug-likeness (QED) is 0.809. The van der Waals surface area contributed by atoms with Gasteiger partial charge in [0.15, 0.2) is 5.03 Å². The summed E-state index contributed by atoms with van der Waals surface area (Å²) < 4.78 is 26.5. The standard InChI is InChI=1S/C14H20N4O2S/c1-3-15-9-13-10-16-17-14(13)21(19,20)18(2)11-12-7-5-4-6-8-12/h4-8,10,15H,3,9,11H2,1-2H3,(H,16,17). The molecule has 0 amide bonds. The fourth-order valence-corrected chi connectivity index (χ4v) is 3.24. The Kier molecular flexibility index (Phi) is 5.11. The molecule has 0 unspecified atom stereocenters. The molecule has 2 aromatic rings. The van der Waals surface area contributed by atoms with Crippen LogP contribution in [0.15, 0.2) is 41.6 Å². The third-order valence-electron chi connectivity index (χ3n) is 3.16. The lowest BCUT2D eigenvalue weighted by Crippen LogP contribution is -2.28. The molecule has 0 radical (unpaired) electrons. The number of nitrogens with one attached hydrogen (secondary N) is 2. The monoisotopic (exact) mass is 308 g/mol. The van der Waals surface area contributed by atoms with Gasteiger partial charge in [-0.05, 0) is 12.1 Å². The molecule has 0 aliphatic rings. The van der Waals surface area contributed by atoms with Crippen LogP contribution in [-0.4, -0.2) is 36.5 Å². The van der Waals surface area contributed by atoms with Crippen LogP contribution in [0.25, 0.3) is 0 Å². The molecule has 2 N–H and O–H groups in total. The Morgan fingerprint density at radius 2 is 2.00 bits per heavy atom. The smallest absolute Gasteiger partial charge is 0.260 e. The normalized spacial score (nSPS) is 12.0. The molecule has 0 saturated carbocycles. The molecule has 1 heterocycles. The van der Waals surface area contributed by atoms with Gasteiger partial charge in [-0.2, -0.15) is 9.40 Å². The molecule has 21 heavy (non-hydrogen) atoms. The Balaban J connectivity index is 2.19. The van der Waals surface area contributed by atoms with Gasteiger partial charge in [0.05, 0.1) is 6.20 Å². The number of H-pyrrole nitrogens is 1. The van der Waals surface area contributed by atoms with E-state index in [1.807, 2.05) is 37.3 Å². The van der Waals surface area contributed by atoms with Crippen molar-refractivity contribution in [2.75, 3.05) is 13.6 Å². The maximum atomic E-state index is 12.6. The highest BCUT2D eigenvalue weighted by molar-refractivity contribution is 7.89. The average Bonchev–Trinajstić information content (AvgIpc) is 2.95. The van der Waals surface area contributed by atoms with E-state index in [2.05, 4.69) is 15.5 Å². The molecule has 0 saturated heterocycles. The summed E-state index contributed by atoms with van der Waals surface area (Å²) in [5.41, 5.74) is 1.59. The number of aromatic nitrogens is 2. The summed E-state index contributed by atoms with van der Waals surface area (Å²) in [6.45, 7) is 3.53. The second kappa shape index (κ2) is 6.84. The highest BCUT2D eigenvalue weighted by Gasteiger charge is 2.25. The van der Waals surface area contributed by atoms with Gasteiger partial charge in [-0.3, -0.25) is 5.10 Å². The topological polar surface area (TPSA) is 78.1 Å². The van der Waals surface area contributed by atoms with Crippen LogP contribution in [0.5, 0.6) is 0 Å². The van der Waals surface area contributed by atoms with Gasteiger partial charge in [0.25, 0.3) is 10.0 Å². The summed E-state index contributed by atoms with van der Waals surface area (Å²) in [6.07, 6.45) is 1.55. The number of nitrogens with zero attached hydrogens (tertiary/aromatic N) is 2. The highest BCUT2D eigenvalue weighted by atomic mass is 32.2. The maximum Gasteiger partial charge on any atom is 0.260 e. The van der Waals surface area contributed by atoms with Gasteiger partial charge in [-0.1, -0.05) is 37.3 Å². The van der Waals surface area contributed by atoms with Gasteiger partial charge >= 0.3 is 0 Å². The minimum Gasteiger partial charge on any atom is -0.313 e. The van der Waals surface area contributed by atoms with E-state index in [1.165, 1.54) is 4.31 Å². The van der Waals surface area contributed by atoms with Crippen molar-refractivity contribution < 1.29 is 8.42 Å². The third-order valence-corrected chi connectivity index (χ3v) is 4.98. The number of aromatic amines is 1. The third kappa shape index (κ3) is 3.69. The van der Waals surface area contributed by atoms with Crippen LogP contribution in [0.3, 0.4) is 0 Å². The lowest BCUT2D eigenvalue weighted by Gasteiger charge is -2.17. The highest BCUT2D eigenvalue weighted by Crippen LogP contribution is 2.18. The number of rotatable bonds is 7. The summed E-state index contributed by atoms with van der Waals surface area (Å²) in [5, 5.41) is 9.73. The Labute approximate surface area is 125 Å². The summed E-state index contributed by atoms with van der Waals surface area (Å²) in [7, 11) is -2.01. The van der Waals surface area contributed by atoms with Gasteiger partial charge in [-0.25, -0.2) is 8.42 Å². The first-order valence-corrected chi connectivity index (χ1v) is 8.23. The first-order chi connectivity index (χ1) is 10.1. The first kappa shape index (κ1) is 15.7. The molecule has 0 bridgehead atoms. The zero-order valence-corrected chi connectivity index (χ0v) is 13.0. The van der Waals surface area contributed by atoms with Crippen molar-refractivity contribution in [1.29, 1.82) is 0 Å². The summed E-state index contributed by atoms with van der Waals surface area (Å²) in [5.74, 6) is 0. The van der Waals surface area contributed by atoms with E-state index in [0.29, 0.717) is 18.7 Å². The van der Waals surface area contributed by atoms with Crippen LogP contribution in [0.2, 0.25) is 0 Å². The van der Waals surface area contributed by atoms with Crippen LogP contribution in [0.1, 0.15) is 18.1 Å². The Hall–Kier alpha value is -1.70. The predicted molar refractivity (Wildman–Crippen MR) is 81.1 cm³/mol. The molecule has 114 valence electrons. The fourth-order valence-electron chi connectivity index (χ4n) is 1.99. The molecule has 1 aromatic heterocycles. The maximum absolute atomic E-state index is 12.6. The number of benzene rings is 1. The molecular formula is C14H20N4O2S. The fraction of sp³-hybridized carbons (Fsp3) is 0.357. The Morgan fingerprint density at radius 3 is 2.67 bits per heavy atom. The number of hydrogen-bond acceptors (Lipinski definition) is 4. The SMILES string of the molecule is CCNCc1cn[nH]c1S(=O)(=O)N(C)Cc1ccccc1. The molecule has 6 nitrogen and oxygen atoms in total. The van der Waals surface area contributed by atoms with Crippen molar-refractivity contribution in [3.8, 4) is 0 Å². The molecule has 1 aromatic carbocycles. The lowest BCUT2D eigenvalue weighted by atomic mass is 10.2. The summed E-state index contributed by atoms with van der Waals surface area (Å²) in [6, 6.07) is 9.49. The van der Waals surface area contributed by atoms with E-state index in [9.17, 15) is 8.42 Å². The van der Waals surface area contributed by atoms with Gasteiger partial charge in [-0.15, -0.1) is 0 Å². The van der Waals surface area contributed by atoms with Crippen LogP contribution < -0.4 is 5.32 Å². The van der Waals surface area contributed by atoms with Crippen LogP contribution in [0.4, 0.5) is 0 Å². The van der Waals surface area contributed by atoms with Crippen molar-refractivity contribution >= 4 is 10.0 Å². The molecule has 7 heteroatoms. The minimum atomic E-state index is -3.58. The predicted octanol–water partition coefficient (Wildman–Crippen LogP) is 1.34. The molecule has 0 fully saturated rings. The molecule has 0 atom stereocenters. The number of hydrogen-bond donors (Lipinski definition) is 2. The van der Waals surface area contributed by atoms with Crippen LogP contribution >= 0.6 is 0 Å². The van der Waals surface area contributed by atoms with E-state index >= 15 is 0 Å². The Bertz CT molecular complexity index is 667. The van der Waals surface area contributed by atoms with E-state index in [-0.39, 0.29) is 5.03 Å². The molecule has 0 aliphatic heterocycles. The van der Waals surface area contributed by atoms with Gasteiger partial charge in [0, 0.05) is 25.7 Å². The zero-order valence-electron chi connectivity index (χ0n) is 12.2. The second-order valence-electron chi connectivity index (χ2n) is 4.75. The van der Waals surface area contributed by atoms with E-state index < -0.39 is 10.0 Å². The van der Waals surface area contributed by atoms with Crippen molar-refractivity contribution in [2.45, 2.75) is 25.0 Å². The molecule has 0 aliphatic carbocycles. The molecule has 2 rings (SSSR count). The van der Waals surface area contributed by atoms with Gasteiger partial charge in [0.2, 0.25) is 0 Å². The molecule has 0 spiro atoms. The minimum absolute atomic E-state index is 0.155. The summed E-state index contributed by atoms with van der Waals surface area (Å²) in [4.78, 5) is 0. The zero-order chi connectivity index (χ0) is 15.3. The van der Waals surface area contributed by atoms with E-state index in [4.69, 9.17) is 0 Å². The Morgan fingerprint density at radius 1 is 1.29 bits per heavy atom. The van der Waals surface area contributed by atoms with Crippen molar-refractivity contribution in [3.05, 3.63) is 47.7 Å². The van der Waals surface area contributed by atoms with Crippen LogP contribution in [0, 0.1) is 0 Å². The summed E-state index contributed by atoms with van der Waals surface area (Å²) >= 11 is 0. The molecular weight excluding hydrogens is 288 g/mol. The average molecular weight is 308 g/mol. The first-order valence-electron chi connectivity index (χ1n) is 6.79. The van der Waals surface area contributed by atoms with Gasteiger partial charge in [0.1, 0.15) is 0 Å². The van der Waals surface area contributed by atoms with Crippen molar-refractivity contribution in [3.63, 3.8) is 0 Å². The largest absolute Gasteiger partial charge is 0.313 e. The van der Waals surface area contributed by atoms with Crippen molar-refractivity contribution in [2.24, 2.45) is 0 Å². The van der Waals surface area contributed by atoms with E-state index in [1.54, 1.807) is 13.2 Å². The van der Waals surface area contributed by atoms with Gasteiger partial charge < -0.3 is 5.32 Å². The van der Waals surface area contributed by atoms with E-state index in [0.717, 1.165) is 12.1 Å². The second-order valence-corrected chi connectivity index (χ2v) is 6.73.